The summed E-state index contributed by atoms with van der Waals surface area (Å²) in [4.78, 5) is 24.0. The first-order chi connectivity index (χ1) is 9.52. The second-order valence-electron chi connectivity index (χ2n) is 4.81. The Morgan fingerprint density at radius 1 is 1.35 bits per heavy atom. The molecule has 1 saturated heterocycles. The second-order valence-corrected chi connectivity index (χ2v) is 4.81. The number of hydrogen-bond donors (Lipinski definition) is 2. The summed E-state index contributed by atoms with van der Waals surface area (Å²) in [5.41, 5.74) is 6.42. The molecule has 6 heteroatoms. The van der Waals surface area contributed by atoms with Crippen LogP contribution in [0.4, 0.5) is 5.69 Å². The van der Waals surface area contributed by atoms with Gasteiger partial charge in [-0.1, -0.05) is 0 Å². The Bertz CT molecular complexity index is 584. The molecule has 1 aromatic carbocycles. The van der Waals surface area contributed by atoms with Crippen molar-refractivity contribution in [3.63, 3.8) is 0 Å². The highest BCUT2D eigenvalue weighted by atomic mass is 16.4. The van der Waals surface area contributed by atoms with E-state index in [-0.39, 0.29) is 17.4 Å². The molecule has 0 aliphatic carbocycles. The molecular formula is C14H15N3O3. The third-order valence-electron chi connectivity index (χ3n) is 3.60. The maximum Gasteiger partial charge on any atom is 0.335 e. The molecule has 3 N–H and O–H groups in total. The van der Waals surface area contributed by atoms with Crippen LogP contribution in [-0.4, -0.2) is 30.1 Å². The minimum Gasteiger partial charge on any atom is -0.478 e. The molecule has 0 aromatic heterocycles. The molecule has 0 atom stereocenters. The van der Waals surface area contributed by atoms with Crippen molar-refractivity contribution in [2.75, 3.05) is 18.0 Å². The molecular weight excluding hydrogens is 258 g/mol. The molecule has 20 heavy (non-hydrogen) atoms. The van der Waals surface area contributed by atoms with Gasteiger partial charge in [-0.3, -0.25) is 4.79 Å². The zero-order valence-electron chi connectivity index (χ0n) is 10.9. The number of piperidine rings is 1. The SMILES string of the molecule is N#Cc1cc(C(=O)O)ccc1N1CCC(C(N)=O)CC1. The third-order valence-corrected chi connectivity index (χ3v) is 3.60. The zero-order chi connectivity index (χ0) is 14.7. The molecule has 1 aliphatic heterocycles. The van der Waals surface area contributed by atoms with Gasteiger partial charge in [-0.2, -0.15) is 5.26 Å². The van der Waals surface area contributed by atoms with E-state index in [1.807, 2.05) is 11.0 Å². The zero-order valence-corrected chi connectivity index (χ0v) is 10.9. The van der Waals surface area contributed by atoms with E-state index in [1.54, 1.807) is 6.07 Å². The average molecular weight is 273 g/mol. The van der Waals surface area contributed by atoms with Crippen LogP contribution in [0.5, 0.6) is 0 Å². The van der Waals surface area contributed by atoms with Gasteiger partial charge in [0.1, 0.15) is 6.07 Å². The molecule has 2 rings (SSSR count). The topological polar surface area (TPSA) is 107 Å². The summed E-state index contributed by atoms with van der Waals surface area (Å²) in [5.74, 6) is -1.46. The van der Waals surface area contributed by atoms with E-state index >= 15 is 0 Å². The number of benzene rings is 1. The smallest absolute Gasteiger partial charge is 0.335 e. The Morgan fingerprint density at radius 3 is 2.50 bits per heavy atom. The third kappa shape index (κ3) is 2.72. The monoisotopic (exact) mass is 273 g/mol. The summed E-state index contributed by atoms with van der Waals surface area (Å²) in [6, 6.07) is 6.53. The van der Waals surface area contributed by atoms with Gasteiger partial charge in [0.2, 0.25) is 5.91 Å². The van der Waals surface area contributed by atoms with Crippen LogP contribution < -0.4 is 10.6 Å². The molecule has 1 aromatic rings. The molecule has 0 bridgehead atoms. The number of nitrogens with two attached hydrogens (primary N) is 1. The quantitative estimate of drug-likeness (QED) is 0.852. The maximum atomic E-state index is 11.1. The average Bonchev–Trinajstić information content (AvgIpc) is 2.46. The molecule has 1 heterocycles. The Balaban J connectivity index is 2.20. The first-order valence-corrected chi connectivity index (χ1v) is 6.34. The molecule has 1 fully saturated rings. The number of carboxylic acids is 1. The molecule has 0 unspecified atom stereocenters. The second kappa shape index (κ2) is 5.61. The largest absolute Gasteiger partial charge is 0.478 e. The summed E-state index contributed by atoms with van der Waals surface area (Å²) in [7, 11) is 0. The van der Waals surface area contributed by atoms with Gasteiger partial charge < -0.3 is 15.7 Å². The van der Waals surface area contributed by atoms with E-state index in [2.05, 4.69) is 0 Å². The number of anilines is 1. The van der Waals surface area contributed by atoms with E-state index in [1.165, 1.54) is 12.1 Å². The lowest BCUT2D eigenvalue weighted by molar-refractivity contribution is -0.122. The van der Waals surface area contributed by atoms with Crippen molar-refractivity contribution in [3.05, 3.63) is 29.3 Å². The van der Waals surface area contributed by atoms with Crippen LogP contribution in [0.3, 0.4) is 0 Å². The lowest BCUT2D eigenvalue weighted by Crippen LogP contribution is -2.38. The van der Waals surface area contributed by atoms with Gasteiger partial charge in [-0.25, -0.2) is 4.79 Å². The normalized spacial score (nSPS) is 15.7. The van der Waals surface area contributed by atoms with Crippen LogP contribution >= 0.6 is 0 Å². The van der Waals surface area contributed by atoms with Gasteiger partial charge >= 0.3 is 5.97 Å². The van der Waals surface area contributed by atoms with Crippen LogP contribution in [-0.2, 0) is 4.79 Å². The van der Waals surface area contributed by atoms with Crippen molar-refractivity contribution in [1.82, 2.24) is 0 Å². The Kier molecular flexibility index (Phi) is 3.89. The fourth-order valence-corrected chi connectivity index (χ4v) is 2.44. The van der Waals surface area contributed by atoms with Gasteiger partial charge in [0.15, 0.2) is 0 Å². The first-order valence-electron chi connectivity index (χ1n) is 6.34. The summed E-state index contributed by atoms with van der Waals surface area (Å²) >= 11 is 0. The summed E-state index contributed by atoms with van der Waals surface area (Å²) in [5, 5.41) is 18.1. The number of nitriles is 1. The van der Waals surface area contributed by atoms with E-state index in [4.69, 9.17) is 16.1 Å². The Labute approximate surface area is 116 Å². The highest BCUT2D eigenvalue weighted by Gasteiger charge is 2.24. The van der Waals surface area contributed by atoms with Gasteiger partial charge in [0.05, 0.1) is 16.8 Å². The highest BCUT2D eigenvalue weighted by molar-refractivity contribution is 5.89. The lowest BCUT2D eigenvalue weighted by Gasteiger charge is -2.32. The lowest BCUT2D eigenvalue weighted by atomic mass is 9.95. The van der Waals surface area contributed by atoms with E-state index in [0.717, 1.165) is 0 Å². The molecule has 0 saturated carbocycles. The number of rotatable bonds is 3. The van der Waals surface area contributed by atoms with Crippen LogP contribution in [0, 0.1) is 17.2 Å². The fraction of sp³-hybridized carbons (Fsp3) is 0.357. The summed E-state index contributed by atoms with van der Waals surface area (Å²) < 4.78 is 0. The Hall–Kier alpha value is -2.55. The number of aromatic carboxylic acids is 1. The Morgan fingerprint density at radius 2 is 2.00 bits per heavy atom. The molecule has 104 valence electrons. The molecule has 0 radical (unpaired) electrons. The molecule has 6 nitrogen and oxygen atoms in total. The van der Waals surface area contributed by atoms with Crippen molar-refractivity contribution in [3.8, 4) is 6.07 Å². The first kappa shape index (κ1) is 13.9. The number of carbonyl (C=O) groups is 2. The van der Waals surface area contributed by atoms with Crippen molar-refractivity contribution < 1.29 is 14.7 Å². The van der Waals surface area contributed by atoms with E-state index in [0.29, 0.717) is 37.2 Å². The van der Waals surface area contributed by atoms with Gasteiger partial charge in [-0.15, -0.1) is 0 Å². The van der Waals surface area contributed by atoms with Gasteiger partial charge in [-0.05, 0) is 31.0 Å². The van der Waals surface area contributed by atoms with Crippen LogP contribution in [0.1, 0.15) is 28.8 Å². The highest BCUT2D eigenvalue weighted by Crippen LogP contribution is 2.26. The van der Waals surface area contributed by atoms with E-state index < -0.39 is 5.97 Å². The number of primary amides is 1. The van der Waals surface area contributed by atoms with Gasteiger partial charge in [0, 0.05) is 19.0 Å². The van der Waals surface area contributed by atoms with Crippen molar-refractivity contribution in [2.45, 2.75) is 12.8 Å². The predicted molar refractivity (Wildman–Crippen MR) is 72.2 cm³/mol. The predicted octanol–water partition coefficient (Wildman–Crippen LogP) is 0.958. The standard InChI is InChI=1S/C14H15N3O3/c15-8-11-7-10(14(19)20)1-2-12(11)17-5-3-9(4-6-17)13(16)18/h1-2,7,9H,3-6H2,(H2,16,18)(H,19,20). The van der Waals surface area contributed by atoms with Crippen molar-refractivity contribution in [1.29, 1.82) is 5.26 Å². The van der Waals surface area contributed by atoms with Crippen molar-refractivity contribution in [2.24, 2.45) is 11.7 Å². The molecule has 1 amide bonds. The maximum absolute atomic E-state index is 11.1. The molecule has 0 spiro atoms. The van der Waals surface area contributed by atoms with Crippen molar-refractivity contribution >= 4 is 17.6 Å². The van der Waals surface area contributed by atoms with Crippen LogP contribution in [0.2, 0.25) is 0 Å². The number of hydrogen-bond acceptors (Lipinski definition) is 4. The summed E-state index contributed by atoms with van der Waals surface area (Å²) in [6.07, 6.45) is 1.31. The van der Waals surface area contributed by atoms with Crippen LogP contribution in [0.25, 0.3) is 0 Å². The number of carboxylic acid groups (broad SMARTS) is 1. The minimum atomic E-state index is -1.06. The number of carbonyl (C=O) groups excluding carboxylic acids is 1. The molecule has 1 aliphatic rings. The fourth-order valence-electron chi connectivity index (χ4n) is 2.44. The van der Waals surface area contributed by atoms with Gasteiger partial charge in [0.25, 0.3) is 0 Å². The minimum absolute atomic E-state index is 0.0947. The number of nitrogens with zero attached hydrogens (tertiary/aromatic N) is 2. The summed E-state index contributed by atoms with van der Waals surface area (Å²) in [6.45, 7) is 1.27. The van der Waals surface area contributed by atoms with Crippen LogP contribution in [0.15, 0.2) is 18.2 Å². The number of amides is 1. The van der Waals surface area contributed by atoms with E-state index in [9.17, 15) is 9.59 Å².